The van der Waals surface area contributed by atoms with Gasteiger partial charge in [-0.25, -0.2) is 14.3 Å². The fourth-order valence-corrected chi connectivity index (χ4v) is 7.77. The molecule has 1 N–H and O–H groups in total. The molecule has 43 heavy (non-hydrogen) atoms. The Morgan fingerprint density at radius 2 is 1.95 bits per heavy atom. The molecule has 1 aromatic carbocycles. The Morgan fingerprint density at radius 1 is 1.21 bits per heavy atom. The number of aryl methyl sites for hydroxylation is 1. The molecule has 1 saturated heterocycles. The quantitative estimate of drug-likeness (QED) is 0.300. The Hall–Kier alpha value is -3.74. The highest BCUT2D eigenvalue weighted by Gasteiger charge is 2.46. The topological polar surface area (TPSA) is 127 Å². The number of fused-ring (bicyclic) bond motifs is 1. The number of ether oxygens (including phenoxy) is 3. The van der Waals surface area contributed by atoms with Crippen LogP contribution in [0.15, 0.2) is 50.7 Å². The lowest BCUT2D eigenvalue weighted by Gasteiger charge is -2.31. The van der Waals surface area contributed by atoms with Crippen LogP contribution in [-0.2, 0) is 26.4 Å². The summed E-state index contributed by atoms with van der Waals surface area (Å²) in [4.78, 5) is 47.9. The van der Waals surface area contributed by atoms with Crippen LogP contribution in [0.1, 0.15) is 55.8 Å². The number of thiophene rings is 1. The number of amides is 1. The average Bonchev–Trinajstić information content (AvgIpc) is 3.80. The number of rotatable bonds is 9. The fourth-order valence-electron chi connectivity index (χ4n) is 6.53. The highest BCUT2D eigenvalue weighted by molar-refractivity contribution is 7.22. The number of likely N-dealkylation sites (N-methyl/N-ethyl adjacent to an activating group) is 1. The molecule has 1 aliphatic heterocycles. The van der Waals surface area contributed by atoms with E-state index in [1.54, 1.807) is 24.9 Å². The van der Waals surface area contributed by atoms with Crippen molar-refractivity contribution in [3.05, 3.63) is 68.7 Å². The van der Waals surface area contributed by atoms with Crippen LogP contribution in [0.25, 0.3) is 21.0 Å². The lowest BCUT2D eigenvalue weighted by molar-refractivity contribution is -0.129. The Labute approximate surface area is 252 Å². The Balaban J connectivity index is 1.60. The highest BCUT2D eigenvalue weighted by atomic mass is 32.1. The SMILES string of the molecule is CNC(=O)C1(n2c(=O)c3c(C)c(-c4ncco4)sc3n(C[C@H](OC3CCOCC3)c3ccccc3OC)c2=O)CCCC1. The molecule has 6 rings (SSSR count). The highest BCUT2D eigenvalue weighted by Crippen LogP contribution is 2.40. The van der Waals surface area contributed by atoms with E-state index in [-0.39, 0.29) is 18.6 Å². The van der Waals surface area contributed by atoms with Crippen molar-refractivity contribution < 1.29 is 23.4 Å². The number of nitrogens with one attached hydrogen (secondary N) is 1. The Bertz CT molecular complexity index is 1730. The summed E-state index contributed by atoms with van der Waals surface area (Å²) in [6.07, 6.45) is 6.07. The van der Waals surface area contributed by atoms with Crippen LogP contribution < -0.4 is 21.3 Å². The van der Waals surface area contributed by atoms with E-state index in [9.17, 15) is 14.4 Å². The predicted molar refractivity (Wildman–Crippen MR) is 162 cm³/mol. The number of carbonyl (C=O) groups is 1. The molecule has 1 aliphatic carbocycles. The van der Waals surface area contributed by atoms with Gasteiger partial charge in [-0.3, -0.25) is 14.2 Å². The van der Waals surface area contributed by atoms with Crippen molar-refractivity contribution in [2.24, 2.45) is 0 Å². The number of nitrogens with zero attached hydrogens (tertiary/aromatic N) is 3. The van der Waals surface area contributed by atoms with Gasteiger partial charge in [-0.1, -0.05) is 31.0 Å². The number of para-hydroxylation sites is 1. The van der Waals surface area contributed by atoms with Crippen molar-refractivity contribution in [2.75, 3.05) is 27.4 Å². The van der Waals surface area contributed by atoms with Gasteiger partial charge in [0.2, 0.25) is 11.8 Å². The summed E-state index contributed by atoms with van der Waals surface area (Å²) >= 11 is 1.28. The lowest BCUT2D eigenvalue weighted by atomic mass is 9.95. The smallest absolute Gasteiger partial charge is 0.333 e. The predicted octanol–water partition coefficient (Wildman–Crippen LogP) is 4.15. The van der Waals surface area contributed by atoms with Gasteiger partial charge in [0, 0.05) is 25.8 Å². The molecule has 11 nitrogen and oxygen atoms in total. The van der Waals surface area contributed by atoms with Crippen LogP contribution in [-0.4, -0.2) is 53.5 Å². The van der Waals surface area contributed by atoms with Crippen molar-refractivity contribution in [3.63, 3.8) is 0 Å². The zero-order chi connectivity index (χ0) is 30.1. The number of carbonyl (C=O) groups excluding carboxylic acids is 1. The number of aromatic nitrogens is 3. The van der Waals surface area contributed by atoms with Crippen molar-refractivity contribution in [1.29, 1.82) is 0 Å². The molecule has 2 fully saturated rings. The zero-order valence-corrected chi connectivity index (χ0v) is 25.4. The molecule has 1 amide bonds. The maximum atomic E-state index is 14.6. The largest absolute Gasteiger partial charge is 0.496 e. The van der Waals surface area contributed by atoms with Crippen LogP contribution in [0.5, 0.6) is 5.75 Å². The molecule has 0 unspecified atom stereocenters. The van der Waals surface area contributed by atoms with Crippen molar-refractivity contribution in [2.45, 2.75) is 69.7 Å². The summed E-state index contributed by atoms with van der Waals surface area (Å²) < 4.78 is 26.4. The molecule has 228 valence electrons. The number of benzene rings is 1. The maximum absolute atomic E-state index is 14.6. The molecule has 0 spiro atoms. The number of hydrogen-bond acceptors (Lipinski definition) is 9. The summed E-state index contributed by atoms with van der Waals surface area (Å²) in [6, 6.07) is 7.59. The third kappa shape index (κ3) is 5.11. The van der Waals surface area contributed by atoms with Crippen molar-refractivity contribution in [3.8, 4) is 16.5 Å². The van der Waals surface area contributed by atoms with Crippen molar-refractivity contribution in [1.82, 2.24) is 19.4 Å². The minimum atomic E-state index is -1.28. The molecule has 3 aromatic heterocycles. The first kappa shape index (κ1) is 29.3. The molecule has 4 heterocycles. The van der Waals surface area contributed by atoms with Gasteiger partial charge >= 0.3 is 5.69 Å². The van der Waals surface area contributed by atoms with E-state index in [1.165, 1.54) is 22.2 Å². The summed E-state index contributed by atoms with van der Waals surface area (Å²) in [7, 11) is 3.15. The van der Waals surface area contributed by atoms with Gasteiger partial charge < -0.3 is 23.9 Å². The van der Waals surface area contributed by atoms with Gasteiger partial charge in [0.1, 0.15) is 28.5 Å². The molecule has 1 saturated carbocycles. The fraction of sp³-hybridized carbons (Fsp3) is 0.484. The van der Waals surface area contributed by atoms with Crippen LogP contribution in [0, 0.1) is 6.92 Å². The molecule has 2 aliphatic rings. The second-order valence-electron chi connectivity index (χ2n) is 11.1. The second kappa shape index (κ2) is 12.1. The maximum Gasteiger partial charge on any atom is 0.333 e. The van der Waals surface area contributed by atoms with E-state index in [0.717, 1.165) is 31.2 Å². The summed E-state index contributed by atoms with van der Waals surface area (Å²) in [5.41, 5.74) is -0.861. The molecule has 4 aromatic rings. The Kier molecular flexibility index (Phi) is 8.25. The van der Waals surface area contributed by atoms with Gasteiger partial charge in [0.25, 0.3) is 5.56 Å². The lowest BCUT2D eigenvalue weighted by Crippen LogP contribution is -2.57. The number of methoxy groups -OCH3 is 1. The van der Waals surface area contributed by atoms with Gasteiger partial charge in [0.05, 0.1) is 36.2 Å². The standard InChI is InChI=1S/C31H36N4O7S/c1-19-24-27(36)35(31(29(37)32-2)12-6-7-13-31)30(38)34(28(24)43-25(19)26-33-14-17-41-26)18-23(42-20-10-15-40-16-11-20)21-8-4-5-9-22(21)39-3/h4-5,8-9,14,17,20,23H,6-7,10-13,15-16,18H2,1-3H3,(H,32,37)/t23-/m0/s1. The molecule has 12 heteroatoms. The Morgan fingerprint density at radius 3 is 2.63 bits per heavy atom. The van der Waals surface area contributed by atoms with E-state index in [1.807, 2.05) is 31.2 Å². The summed E-state index contributed by atoms with van der Waals surface area (Å²) in [6.45, 7) is 3.12. The van der Waals surface area contributed by atoms with Crippen LogP contribution in [0.2, 0.25) is 0 Å². The van der Waals surface area contributed by atoms with E-state index in [4.69, 9.17) is 18.6 Å². The van der Waals surface area contributed by atoms with Crippen LogP contribution >= 0.6 is 11.3 Å². The number of oxazole rings is 1. The molecule has 0 bridgehead atoms. The van der Waals surface area contributed by atoms with Crippen LogP contribution in [0.4, 0.5) is 0 Å². The van der Waals surface area contributed by atoms with Gasteiger partial charge in [-0.2, -0.15) is 0 Å². The van der Waals surface area contributed by atoms with Crippen LogP contribution in [0.3, 0.4) is 0 Å². The third-order valence-corrected chi connectivity index (χ3v) is 10.0. The summed E-state index contributed by atoms with van der Waals surface area (Å²) in [5.74, 6) is 0.665. The van der Waals surface area contributed by atoms with E-state index in [2.05, 4.69) is 10.3 Å². The van der Waals surface area contributed by atoms with E-state index < -0.39 is 22.9 Å². The monoisotopic (exact) mass is 608 g/mol. The summed E-state index contributed by atoms with van der Waals surface area (Å²) in [5, 5.41) is 3.10. The van der Waals surface area contributed by atoms with Gasteiger partial charge in [0.15, 0.2) is 0 Å². The van der Waals surface area contributed by atoms with Crippen molar-refractivity contribution >= 4 is 27.5 Å². The van der Waals surface area contributed by atoms with Gasteiger partial charge in [-0.15, -0.1) is 11.3 Å². The first-order valence-electron chi connectivity index (χ1n) is 14.7. The third-order valence-electron chi connectivity index (χ3n) is 8.71. The zero-order valence-electron chi connectivity index (χ0n) is 24.6. The van der Waals surface area contributed by atoms with E-state index >= 15 is 0 Å². The molecule has 0 radical (unpaired) electrons. The minimum absolute atomic E-state index is 0.0826. The number of hydrogen-bond donors (Lipinski definition) is 1. The second-order valence-corrected chi connectivity index (χ2v) is 12.1. The minimum Gasteiger partial charge on any atom is -0.496 e. The normalized spacial score (nSPS) is 17.7. The molecule has 1 atom stereocenters. The first-order valence-corrected chi connectivity index (χ1v) is 15.5. The first-order chi connectivity index (χ1) is 20.9. The van der Waals surface area contributed by atoms with Gasteiger partial charge in [-0.05, 0) is 44.2 Å². The van der Waals surface area contributed by atoms with E-state index in [0.29, 0.717) is 58.4 Å². The molecular formula is C31H36N4O7S. The average molecular weight is 609 g/mol. The molecular weight excluding hydrogens is 572 g/mol.